The highest BCUT2D eigenvalue weighted by atomic mass is 32.2. The minimum absolute atomic E-state index is 0.258. The zero-order valence-corrected chi connectivity index (χ0v) is 11.6. The number of likely N-dealkylation sites (tertiary alicyclic amines) is 1. The van der Waals surface area contributed by atoms with Gasteiger partial charge in [-0.25, -0.2) is 13.2 Å². The number of carbonyl (C=O) groups excluding carboxylic acids is 2. The number of likely N-dealkylation sites (N-methyl/N-ethyl adjacent to an activating group) is 1. The van der Waals surface area contributed by atoms with E-state index in [-0.39, 0.29) is 12.5 Å². The highest BCUT2D eigenvalue weighted by molar-refractivity contribution is 7.88. The molecule has 0 radical (unpaired) electrons. The molecule has 1 unspecified atom stereocenters. The van der Waals surface area contributed by atoms with E-state index < -0.39 is 22.0 Å². The maximum atomic E-state index is 11.9. The van der Waals surface area contributed by atoms with Crippen LogP contribution in [0.15, 0.2) is 0 Å². The van der Waals surface area contributed by atoms with Crippen molar-refractivity contribution in [2.45, 2.75) is 18.9 Å². The smallest absolute Gasteiger partial charge is 0.328 e. The number of esters is 1. The molecule has 1 rings (SSSR count). The summed E-state index contributed by atoms with van der Waals surface area (Å²) in [6.45, 7) is 0.197. The summed E-state index contributed by atoms with van der Waals surface area (Å²) in [7, 11) is -0.801. The fourth-order valence-corrected chi connectivity index (χ4v) is 2.19. The number of rotatable bonds is 4. The summed E-state index contributed by atoms with van der Waals surface area (Å²) in [5, 5.41) is 0. The molecule has 0 aliphatic carbocycles. The van der Waals surface area contributed by atoms with E-state index in [1.54, 1.807) is 0 Å². The molecule has 1 saturated heterocycles. The molecule has 0 spiro atoms. The molecule has 1 heterocycles. The van der Waals surface area contributed by atoms with E-state index in [2.05, 4.69) is 4.74 Å². The van der Waals surface area contributed by atoms with Crippen molar-refractivity contribution in [3.8, 4) is 0 Å². The number of ether oxygens (including phenoxy) is 1. The Hall–Kier alpha value is -1.15. The first-order valence-electron chi connectivity index (χ1n) is 5.56. The molecule has 7 nitrogen and oxygen atoms in total. The molecule has 0 bridgehead atoms. The number of hydrogen-bond donors (Lipinski definition) is 0. The third-order valence-corrected chi connectivity index (χ3v) is 4.23. The van der Waals surface area contributed by atoms with Crippen LogP contribution in [0.2, 0.25) is 0 Å². The number of amides is 1. The lowest BCUT2D eigenvalue weighted by Crippen LogP contribution is -2.46. The summed E-state index contributed by atoms with van der Waals surface area (Å²) in [6.07, 6.45) is 2.30. The molecule has 0 aromatic carbocycles. The minimum atomic E-state index is -3.40. The van der Waals surface area contributed by atoms with Crippen LogP contribution in [0.4, 0.5) is 0 Å². The summed E-state index contributed by atoms with van der Waals surface area (Å²) in [6, 6.07) is -0.588. The number of hydrogen-bond acceptors (Lipinski definition) is 5. The summed E-state index contributed by atoms with van der Waals surface area (Å²) in [4.78, 5) is 24.8. The van der Waals surface area contributed by atoms with Crippen molar-refractivity contribution < 1.29 is 22.7 Å². The Labute approximate surface area is 107 Å². The van der Waals surface area contributed by atoms with E-state index in [4.69, 9.17) is 0 Å². The van der Waals surface area contributed by atoms with E-state index in [1.165, 1.54) is 19.1 Å². The monoisotopic (exact) mass is 278 g/mol. The normalized spacial score (nSPS) is 20.2. The third kappa shape index (κ3) is 3.42. The Balaban J connectivity index is 2.69. The Bertz CT molecular complexity index is 434. The van der Waals surface area contributed by atoms with Gasteiger partial charge < -0.3 is 9.64 Å². The second kappa shape index (κ2) is 5.66. The van der Waals surface area contributed by atoms with Crippen LogP contribution >= 0.6 is 0 Å². The van der Waals surface area contributed by atoms with E-state index >= 15 is 0 Å². The summed E-state index contributed by atoms with van der Waals surface area (Å²) in [5.41, 5.74) is 0. The van der Waals surface area contributed by atoms with Crippen LogP contribution in [-0.2, 0) is 24.3 Å². The average Bonchev–Trinajstić information content (AvgIpc) is 2.75. The van der Waals surface area contributed by atoms with Gasteiger partial charge in [0.1, 0.15) is 6.04 Å². The molecule has 104 valence electrons. The molecule has 8 heteroatoms. The first-order chi connectivity index (χ1) is 8.27. The third-order valence-electron chi connectivity index (χ3n) is 2.97. The second-order valence-electron chi connectivity index (χ2n) is 4.29. The van der Waals surface area contributed by atoms with Crippen LogP contribution in [0, 0.1) is 0 Å². The van der Waals surface area contributed by atoms with Gasteiger partial charge >= 0.3 is 5.97 Å². The highest BCUT2D eigenvalue weighted by Gasteiger charge is 2.35. The van der Waals surface area contributed by atoms with Gasteiger partial charge in [0.05, 0.1) is 19.9 Å². The Morgan fingerprint density at radius 2 is 2.06 bits per heavy atom. The van der Waals surface area contributed by atoms with Crippen molar-refractivity contribution in [1.82, 2.24) is 9.21 Å². The zero-order valence-electron chi connectivity index (χ0n) is 10.7. The van der Waals surface area contributed by atoms with E-state index in [1.807, 2.05) is 0 Å². The first-order valence-corrected chi connectivity index (χ1v) is 7.41. The average molecular weight is 278 g/mol. The minimum Gasteiger partial charge on any atom is -0.467 e. The van der Waals surface area contributed by atoms with Crippen LogP contribution in [-0.4, -0.2) is 69.0 Å². The van der Waals surface area contributed by atoms with Gasteiger partial charge in [-0.1, -0.05) is 0 Å². The van der Waals surface area contributed by atoms with Gasteiger partial charge in [0.15, 0.2) is 0 Å². The molecule has 0 saturated carbocycles. The topological polar surface area (TPSA) is 84.0 Å². The molecule has 0 aromatic rings. The molecule has 1 aliphatic heterocycles. The van der Waals surface area contributed by atoms with Gasteiger partial charge in [-0.3, -0.25) is 4.79 Å². The van der Waals surface area contributed by atoms with Gasteiger partial charge in [-0.2, -0.15) is 4.31 Å². The number of carbonyl (C=O) groups is 2. The van der Waals surface area contributed by atoms with E-state index in [0.717, 1.165) is 10.6 Å². The summed E-state index contributed by atoms with van der Waals surface area (Å²) < 4.78 is 28.0. The van der Waals surface area contributed by atoms with Gasteiger partial charge in [0, 0.05) is 13.6 Å². The van der Waals surface area contributed by atoms with Crippen molar-refractivity contribution in [3.63, 3.8) is 0 Å². The Morgan fingerprint density at radius 3 is 2.56 bits per heavy atom. The Kier molecular flexibility index (Phi) is 4.69. The van der Waals surface area contributed by atoms with E-state index in [0.29, 0.717) is 19.4 Å². The van der Waals surface area contributed by atoms with Gasteiger partial charge in [-0.15, -0.1) is 0 Å². The van der Waals surface area contributed by atoms with Crippen LogP contribution in [0.25, 0.3) is 0 Å². The van der Waals surface area contributed by atoms with Crippen molar-refractivity contribution in [1.29, 1.82) is 0 Å². The largest absolute Gasteiger partial charge is 0.467 e. The van der Waals surface area contributed by atoms with Crippen molar-refractivity contribution in [3.05, 3.63) is 0 Å². The molecular formula is C10H18N2O5S. The van der Waals surface area contributed by atoms with Gasteiger partial charge in [0.2, 0.25) is 15.9 Å². The number of methoxy groups -OCH3 is 1. The van der Waals surface area contributed by atoms with Crippen LogP contribution in [0.3, 0.4) is 0 Å². The summed E-state index contributed by atoms with van der Waals surface area (Å²) >= 11 is 0. The van der Waals surface area contributed by atoms with Gasteiger partial charge in [0.25, 0.3) is 0 Å². The lowest BCUT2D eigenvalue weighted by atomic mass is 10.2. The molecule has 0 aromatic heterocycles. The fraction of sp³-hybridized carbons (Fsp3) is 0.800. The number of sulfonamides is 1. The van der Waals surface area contributed by atoms with Gasteiger partial charge in [-0.05, 0) is 12.8 Å². The lowest BCUT2D eigenvalue weighted by molar-refractivity contribution is -0.150. The predicted octanol–water partition coefficient (Wildman–Crippen LogP) is -0.958. The quantitative estimate of drug-likeness (QED) is 0.619. The second-order valence-corrected chi connectivity index (χ2v) is 6.38. The van der Waals surface area contributed by atoms with Crippen molar-refractivity contribution in [2.24, 2.45) is 0 Å². The van der Waals surface area contributed by atoms with Crippen molar-refractivity contribution in [2.75, 3.05) is 33.5 Å². The predicted molar refractivity (Wildman–Crippen MR) is 64.2 cm³/mol. The van der Waals surface area contributed by atoms with E-state index in [9.17, 15) is 18.0 Å². The maximum absolute atomic E-state index is 11.9. The van der Waals surface area contributed by atoms with Crippen LogP contribution in [0.5, 0.6) is 0 Å². The number of nitrogens with zero attached hydrogens (tertiary/aromatic N) is 2. The molecule has 1 amide bonds. The SMILES string of the molecule is COC(=O)C1CCCN1C(=O)CN(C)S(C)(=O)=O. The Morgan fingerprint density at radius 1 is 1.44 bits per heavy atom. The summed E-state index contributed by atoms with van der Waals surface area (Å²) in [5.74, 6) is -0.835. The molecule has 18 heavy (non-hydrogen) atoms. The molecule has 1 aliphatic rings. The maximum Gasteiger partial charge on any atom is 0.328 e. The molecule has 0 N–H and O–H groups in total. The fourth-order valence-electron chi connectivity index (χ4n) is 1.84. The van der Waals surface area contributed by atoms with Crippen LogP contribution in [0.1, 0.15) is 12.8 Å². The zero-order chi connectivity index (χ0) is 13.9. The molecule has 1 atom stereocenters. The first kappa shape index (κ1) is 14.9. The molecular weight excluding hydrogens is 260 g/mol. The highest BCUT2D eigenvalue weighted by Crippen LogP contribution is 2.18. The lowest BCUT2D eigenvalue weighted by Gasteiger charge is -2.24. The van der Waals surface area contributed by atoms with Crippen LogP contribution < -0.4 is 0 Å². The van der Waals surface area contributed by atoms with Crippen molar-refractivity contribution >= 4 is 21.9 Å². The standard InChI is InChI=1S/C10H18N2O5S/c1-11(18(3,15)16)7-9(13)12-6-4-5-8(12)10(14)17-2/h8H,4-7H2,1-3H3. The molecule has 1 fully saturated rings.